The third kappa shape index (κ3) is 8.27. The molecule has 0 fully saturated rings. The van der Waals surface area contributed by atoms with E-state index in [-0.39, 0.29) is 11.5 Å². The van der Waals surface area contributed by atoms with Gasteiger partial charge in [0.05, 0.1) is 12.2 Å². The van der Waals surface area contributed by atoms with Crippen LogP contribution >= 0.6 is 8.25 Å². The lowest BCUT2D eigenvalue weighted by Gasteiger charge is -2.36. The van der Waals surface area contributed by atoms with Crippen molar-refractivity contribution in [3.05, 3.63) is 57.6 Å². The van der Waals surface area contributed by atoms with Gasteiger partial charge in [0.25, 0.3) is 0 Å². The minimum atomic E-state index is -3.20. The minimum Gasteiger partial charge on any atom is -0.507 e. The fourth-order valence-electron chi connectivity index (χ4n) is 5.16. The van der Waals surface area contributed by atoms with Gasteiger partial charge in [0.2, 0.25) is 0 Å². The van der Waals surface area contributed by atoms with Gasteiger partial charge in [-0.3, -0.25) is 4.57 Å². The van der Waals surface area contributed by atoms with Gasteiger partial charge in [0.1, 0.15) is 22.7 Å². The third-order valence-corrected chi connectivity index (χ3v) is 9.84. The molecule has 0 bridgehead atoms. The first-order valence-corrected chi connectivity index (χ1v) is 16.7. The maximum Gasteiger partial charge on any atom is 0.319 e. The number of hydrogen-bond donors (Lipinski definition) is 4. The SMILES string of the molecule is CC(O[PH](=O)OC(C)C(C)(O)c1cc(C(C)(C)C)c(O)c(C(C)(C)C)c1)C(C)(O)c1cc(C(C)(C)C)c(O)c(C(C)(C)C)c1. The van der Waals surface area contributed by atoms with Crippen molar-refractivity contribution in [3.8, 4) is 11.5 Å². The lowest BCUT2D eigenvalue weighted by molar-refractivity contribution is -0.0686. The molecule has 0 aliphatic carbocycles. The zero-order chi connectivity index (χ0) is 34.6. The predicted molar refractivity (Wildman–Crippen MR) is 180 cm³/mol. The monoisotopic (exact) mass is 634 g/mol. The van der Waals surface area contributed by atoms with Crippen molar-refractivity contribution in [2.24, 2.45) is 0 Å². The van der Waals surface area contributed by atoms with Crippen molar-refractivity contribution in [2.75, 3.05) is 0 Å². The molecule has 0 aromatic heterocycles. The Bertz CT molecular complexity index is 1190. The molecule has 0 aliphatic rings. The first-order valence-electron chi connectivity index (χ1n) is 15.5. The molecule has 4 N–H and O–H groups in total. The van der Waals surface area contributed by atoms with Crippen LogP contribution in [0.5, 0.6) is 11.5 Å². The molecule has 2 aromatic rings. The summed E-state index contributed by atoms with van der Waals surface area (Å²) >= 11 is 0. The highest BCUT2D eigenvalue weighted by Crippen LogP contribution is 2.46. The van der Waals surface area contributed by atoms with E-state index in [0.29, 0.717) is 33.4 Å². The summed E-state index contributed by atoms with van der Waals surface area (Å²) in [4.78, 5) is 0. The van der Waals surface area contributed by atoms with Crippen LogP contribution in [-0.2, 0) is 46.5 Å². The Hall–Kier alpha value is -1.89. The molecule has 0 amide bonds. The Morgan fingerprint density at radius 1 is 0.523 bits per heavy atom. The van der Waals surface area contributed by atoms with Crippen LogP contribution in [0.15, 0.2) is 24.3 Å². The van der Waals surface area contributed by atoms with Gasteiger partial charge in [0.15, 0.2) is 0 Å². The normalized spacial score (nSPS) is 18.3. The van der Waals surface area contributed by atoms with Crippen LogP contribution < -0.4 is 0 Å². The van der Waals surface area contributed by atoms with Crippen LogP contribution in [0.3, 0.4) is 0 Å². The summed E-state index contributed by atoms with van der Waals surface area (Å²) in [6.45, 7) is 30.4. The Labute approximate surface area is 267 Å². The average molecular weight is 635 g/mol. The number of aliphatic hydroxyl groups is 2. The number of phenolic OH excluding ortho intramolecular Hbond substituents is 2. The van der Waals surface area contributed by atoms with E-state index in [1.54, 1.807) is 52.0 Å². The summed E-state index contributed by atoms with van der Waals surface area (Å²) < 4.78 is 24.8. The molecule has 8 heteroatoms. The van der Waals surface area contributed by atoms with Gasteiger partial charge >= 0.3 is 8.25 Å². The van der Waals surface area contributed by atoms with E-state index < -0.39 is 53.3 Å². The van der Waals surface area contributed by atoms with Crippen molar-refractivity contribution in [3.63, 3.8) is 0 Å². The van der Waals surface area contributed by atoms with Crippen molar-refractivity contribution in [1.82, 2.24) is 0 Å². The highest BCUT2D eigenvalue weighted by Gasteiger charge is 2.39. The molecule has 250 valence electrons. The zero-order valence-electron chi connectivity index (χ0n) is 30.0. The lowest BCUT2D eigenvalue weighted by Crippen LogP contribution is -2.38. The standard InChI is InChI=1S/C36H59O7P/c1-21(35(15,39)23-17-25(31(3,4)5)29(37)26(18-23)32(6,7)8)42-44(41)43-22(2)36(16,40)24-19-27(33(9,10)11)30(38)28(20-24)34(12,13)14/h17-22,37-40,44H,1-16H3. The minimum absolute atomic E-state index is 0.199. The van der Waals surface area contributed by atoms with Gasteiger partial charge in [-0.2, -0.15) is 0 Å². The fraction of sp³-hybridized carbons (Fsp3) is 0.667. The van der Waals surface area contributed by atoms with E-state index in [1.165, 1.54) is 0 Å². The summed E-state index contributed by atoms with van der Waals surface area (Å²) in [6.07, 6.45) is -1.91. The first-order chi connectivity index (χ1) is 19.4. The molecule has 4 atom stereocenters. The van der Waals surface area contributed by atoms with Crippen molar-refractivity contribution < 1.29 is 34.0 Å². The molecule has 0 saturated carbocycles. The van der Waals surface area contributed by atoms with Crippen LogP contribution in [0, 0.1) is 0 Å². The molecule has 2 aromatic carbocycles. The highest BCUT2D eigenvalue weighted by atomic mass is 31.1. The second-order valence-corrected chi connectivity index (χ2v) is 17.9. The fourth-order valence-corrected chi connectivity index (χ4v) is 6.25. The molecule has 7 nitrogen and oxygen atoms in total. The number of aromatic hydroxyl groups is 2. The number of rotatable bonds is 8. The predicted octanol–water partition coefficient (Wildman–Crippen LogP) is 8.60. The van der Waals surface area contributed by atoms with E-state index in [4.69, 9.17) is 9.05 Å². The van der Waals surface area contributed by atoms with E-state index in [1.807, 2.05) is 83.1 Å². The molecule has 44 heavy (non-hydrogen) atoms. The summed E-state index contributed by atoms with van der Waals surface area (Å²) in [5.41, 5.74) is -0.916. The summed E-state index contributed by atoms with van der Waals surface area (Å²) in [6, 6.07) is 7.11. The van der Waals surface area contributed by atoms with E-state index in [2.05, 4.69) is 0 Å². The number of hydrogen-bond acceptors (Lipinski definition) is 7. The molecular weight excluding hydrogens is 575 g/mol. The number of benzene rings is 2. The molecule has 0 heterocycles. The molecule has 2 rings (SSSR count). The van der Waals surface area contributed by atoms with Gasteiger partial charge in [-0.15, -0.1) is 0 Å². The Balaban J connectivity index is 2.42. The van der Waals surface area contributed by atoms with E-state index >= 15 is 0 Å². The average Bonchev–Trinajstić information content (AvgIpc) is 2.80. The summed E-state index contributed by atoms with van der Waals surface area (Å²) in [7, 11) is -3.20. The van der Waals surface area contributed by atoms with Crippen molar-refractivity contribution in [1.29, 1.82) is 0 Å². The van der Waals surface area contributed by atoms with Gasteiger partial charge in [-0.05, 0) is 107 Å². The van der Waals surface area contributed by atoms with Gasteiger partial charge in [-0.1, -0.05) is 83.1 Å². The quantitative estimate of drug-likeness (QED) is 0.215. The molecule has 0 radical (unpaired) electrons. The Kier molecular flexibility index (Phi) is 10.8. The summed E-state index contributed by atoms with van der Waals surface area (Å²) in [5, 5.41) is 45.7. The highest BCUT2D eigenvalue weighted by molar-refractivity contribution is 7.33. The maximum absolute atomic E-state index is 13.3. The smallest absolute Gasteiger partial charge is 0.319 e. The largest absolute Gasteiger partial charge is 0.507 e. The second-order valence-electron chi connectivity index (χ2n) is 16.9. The molecule has 0 aliphatic heterocycles. The van der Waals surface area contributed by atoms with Gasteiger partial charge < -0.3 is 29.5 Å². The van der Waals surface area contributed by atoms with Crippen molar-refractivity contribution >= 4 is 8.25 Å². The molecular formula is C36H59O7P. The Morgan fingerprint density at radius 3 is 0.909 bits per heavy atom. The second kappa shape index (κ2) is 12.4. The first kappa shape index (κ1) is 38.3. The zero-order valence-corrected chi connectivity index (χ0v) is 31.0. The molecule has 4 unspecified atom stereocenters. The Morgan fingerprint density at radius 2 is 0.727 bits per heavy atom. The van der Waals surface area contributed by atoms with E-state index in [0.717, 1.165) is 0 Å². The lowest BCUT2D eigenvalue weighted by atomic mass is 9.76. The van der Waals surface area contributed by atoms with Gasteiger partial charge in [0, 0.05) is 0 Å². The van der Waals surface area contributed by atoms with Crippen LogP contribution in [0.25, 0.3) is 0 Å². The van der Waals surface area contributed by atoms with Crippen LogP contribution in [-0.4, -0.2) is 32.6 Å². The van der Waals surface area contributed by atoms with Crippen molar-refractivity contribution in [2.45, 2.75) is 156 Å². The maximum atomic E-state index is 13.3. The molecule has 0 spiro atoms. The molecule has 0 saturated heterocycles. The van der Waals surface area contributed by atoms with Crippen LogP contribution in [0.4, 0.5) is 0 Å². The number of phenols is 2. The van der Waals surface area contributed by atoms with Crippen LogP contribution in [0.1, 0.15) is 144 Å². The van der Waals surface area contributed by atoms with Crippen LogP contribution in [0.2, 0.25) is 0 Å². The third-order valence-electron chi connectivity index (χ3n) is 8.75. The van der Waals surface area contributed by atoms with Gasteiger partial charge in [-0.25, -0.2) is 0 Å². The topological polar surface area (TPSA) is 116 Å². The van der Waals surface area contributed by atoms with E-state index in [9.17, 15) is 25.0 Å². The summed E-state index contributed by atoms with van der Waals surface area (Å²) in [5.74, 6) is 0.397.